The lowest BCUT2D eigenvalue weighted by atomic mass is 10.0. The van der Waals surface area contributed by atoms with Crippen molar-refractivity contribution < 1.29 is 4.79 Å². The molecule has 0 aliphatic rings. The lowest BCUT2D eigenvalue weighted by molar-refractivity contribution is 0.0998. The van der Waals surface area contributed by atoms with E-state index in [0.29, 0.717) is 0 Å². The average molecular weight is 290 g/mol. The summed E-state index contributed by atoms with van der Waals surface area (Å²) in [4.78, 5) is 12.0. The molecule has 0 unspecified atom stereocenters. The van der Waals surface area contributed by atoms with Crippen LogP contribution in [0.15, 0.2) is 54.6 Å². The van der Waals surface area contributed by atoms with Crippen molar-refractivity contribution in [2.75, 3.05) is 0 Å². The molecule has 0 aliphatic heterocycles. The van der Waals surface area contributed by atoms with Crippen LogP contribution in [-0.2, 0) is 6.42 Å². The highest BCUT2D eigenvalue weighted by Gasteiger charge is 2.02. The predicted molar refractivity (Wildman–Crippen MR) is 91.9 cm³/mol. The van der Waals surface area contributed by atoms with E-state index in [9.17, 15) is 4.79 Å². The van der Waals surface area contributed by atoms with Gasteiger partial charge in [-0.15, -0.1) is 0 Å². The van der Waals surface area contributed by atoms with Gasteiger partial charge in [0.25, 0.3) is 0 Å². The van der Waals surface area contributed by atoms with Crippen molar-refractivity contribution in [3.8, 4) is 11.8 Å². The van der Waals surface area contributed by atoms with Gasteiger partial charge in [0.05, 0.1) is 6.42 Å². The molecule has 0 bridgehead atoms. The summed E-state index contributed by atoms with van der Waals surface area (Å²) in [5.41, 5.74) is 3.07. The Kier molecular flexibility index (Phi) is 6.45. The van der Waals surface area contributed by atoms with Gasteiger partial charge in [0.1, 0.15) is 0 Å². The van der Waals surface area contributed by atoms with Crippen LogP contribution in [0.2, 0.25) is 0 Å². The van der Waals surface area contributed by atoms with Crippen LogP contribution in [0.4, 0.5) is 0 Å². The van der Waals surface area contributed by atoms with Crippen molar-refractivity contribution in [2.45, 2.75) is 39.0 Å². The van der Waals surface area contributed by atoms with Gasteiger partial charge in [-0.1, -0.05) is 80.1 Å². The Bertz CT molecular complexity index is 659. The van der Waals surface area contributed by atoms with E-state index in [1.165, 1.54) is 24.8 Å². The lowest BCUT2D eigenvalue weighted by Crippen LogP contribution is -1.96. The molecule has 0 radical (unpaired) electrons. The van der Waals surface area contributed by atoms with E-state index in [1.54, 1.807) is 0 Å². The standard InChI is InChI=1S/C21H22O/c1-2-3-5-11-18-12-8-9-13-19(18)16-10-17-21(22)20-14-6-4-7-15-20/h4,6-9,12-15H,2-3,5,11,17H2,1H3. The maximum atomic E-state index is 12.0. The fourth-order valence-electron chi connectivity index (χ4n) is 2.37. The number of hydrogen-bond donors (Lipinski definition) is 0. The van der Waals surface area contributed by atoms with Crippen molar-refractivity contribution in [2.24, 2.45) is 0 Å². The summed E-state index contributed by atoms with van der Waals surface area (Å²) in [6.07, 6.45) is 4.99. The van der Waals surface area contributed by atoms with Crippen LogP contribution < -0.4 is 0 Å². The Morgan fingerprint density at radius 2 is 1.68 bits per heavy atom. The molecule has 0 saturated carbocycles. The van der Waals surface area contributed by atoms with Crippen LogP contribution in [0.3, 0.4) is 0 Å². The summed E-state index contributed by atoms with van der Waals surface area (Å²) in [5.74, 6) is 6.28. The lowest BCUT2D eigenvalue weighted by Gasteiger charge is -2.03. The smallest absolute Gasteiger partial charge is 0.174 e. The normalized spacial score (nSPS) is 9.86. The molecule has 0 amide bonds. The molecule has 1 nitrogen and oxygen atoms in total. The first-order chi connectivity index (χ1) is 10.8. The second-order valence-corrected chi connectivity index (χ2v) is 5.38. The number of unbranched alkanes of at least 4 members (excludes halogenated alkanes) is 2. The second kappa shape index (κ2) is 8.85. The van der Waals surface area contributed by atoms with Gasteiger partial charge in [-0.2, -0.15) is 0 Å². The molecule has 112 valence electrons. The van der Waals surface area contributed by atoms with Crippen LogP contribution in [0.5, 0.6) is 0 Å². The molecule has 0 fully saturated rings. The summed E-state index contributed by atoms with van der Waals surface area (Å²) in [5, 5.41) is 0. The van der Waals surface area contributed by atoms with Crippen molar-refractivity contribution in [3.05, 3.63) is 71.3 Å². The number of benzene rings is 2. The maximum Gasteiger partial charge on any atom is 0.174 e. The van der Waals surface area contributed by atoms with Crippen molar-refractivity contribution >= 4 is 5.78 Å². The molecule has 0 aliphatic carbocycles. The predicted octanol–water partition coefficient (Wildman–Crippen LogP) is 5.04. The quantitative estimate of drug-likeness (QED) is 0.413. The summed E-state index contributed by atoms with van der Waals surface area (Å²) >= 11 is 0. The zero-order valence-corrected chi connectivity index (χ0v) is 13.1. The molecule has 2 rings (SSSR count). The third kappa shape index (κ3) is 4.90. The first-order valence-electron chi connectivity index (χ1n) is 7.96. The fourth-order valence-corrected chi connectivity index (χ4v) is 2.37. The van der Waals surface area contributed by atoms with Crippen LogP contribution in [0, 0.1) is 11.8 Å². The van der Waals surface area contributed by atoms with Gasteiger partial charge in [0, 0.05) is 11.1 Å². The minimum atomic E-state index is 0.0802. The van der Waals surface area contributed by atoms with E-state index < -0.39 is 0 Å². The molecule has 22 heavy (non-hydrogen) atoms. The molecule has 0 atom stereocenters. The molecule has 0 spiro atoms. The number of aryl methyl sites for hydroxylation is 1. The number of hydrogen-bond acceptors (Lipinski definition) is 1. The van der Waals surface area contributed by atoms with Crippen LogP contribution >= 0.6 is 0 Å². The topological polar surface area (TPSA) is 17.1 Å². The molecule has 0 aromatic heterocycles. The van der Waals surface area contributed by atoms with Gasteiger partial charge < -0.3 is 0 Å². The van der Waals surface area contributed by atoms with Gasteiger partial charge in [-0.05, 0) is 24.5 Å². The van der Waals surface area contributed by atoms with Crippen molar-refractivity contribution in [3.63, 3.8) is 0 Å². The van der Waals surface area contributed by atoms with E-state index >= 15 is 0 Å². The van der Waals surface area contributed by atoms with Crippen molar-refractivity contribution in [1.29, 1.82) is 0 Å². The highest BCUT2D eigenvalue weighted by atomic mass is 16.1. The number of carbonyl (C=O) groups excluding carboxylic acids is 1. The maximum absolute atomic E-state index is 12.0. The van der Waals surface area contributed by atoms with Crippen LogP contribution in [0.1, 0.15) is 54.1 Å². The summed E-state index contributed by atoms with van der Waals surface area (Å²) in [7, 11) is 0. The monoisotopic (exact) mass is 290 g/mol. The summed E-state index contributed by atoms with van der Waals surface area (Å²) in [6.45, 7) is 2.21. The first kappa shape index (κ1) is 16.0. The van der Waals surface area contributed by atoms with Gasteiger partial charge in [0.2, 0.25) is 0 Å². The third-order valence-corrected chi connectivity index (χ3v) is 3.63. The Morgan fingerprint density at radius 3 is 2.45 bits per heavy atom. The Labute approximate surface area is 133 Å². The zero-order chi connectivity index (χ0) is 15.6. The van der Waals surface area contributed by atoms with E-state index in [0.717, 1.165) is 17.5 Å². The molecule has 1 heteroatoms. The van der Waals surface area contributed by atoms with E-state index in [4.69, 9.17) is 0 Å². The van der Waals surface area contributed by atoms with Gasteiger partial charge in [0.15, 0.2) is 5.78 Å². The molecule has 0 N–H and O–H groups in total. The van der Waals surface area contributed by atoms with E-state index in [2.05, 4.69) is 30.9 Å². The molecule has 2 aromatic carbocycles. The largest absolute Gasteiger partial charge is 0.293 e. The SMILES string of the molecule is CCCCCc1ccccc1C#CCC(=O)c1ccccc1. The number of carbonyl (C=O) groups is 1. The van der Waals surface area contributed by atoms with Crippen LogP contribution in [0.25, 0.3) is 0 Å². The number of rotatable bonds is 6. The van der Waals surface area contributed by atoms with Gasteiger partial charge >= 0.3 is 0 Å². The molecular weight excluding hydrogens is 268 g/mol. The van der Waals surface area contributed by atoms with Crippen molar-refractivity contribution in [1.82, 2.24) is 0 Å². The fraction of sp³-hybridized carbons (Fsp3) is 0.286. The first-order valence-corrected chi connectivity index (χ1v) is 7.96. The van der Waals surface area contributed by atoms with Crippen LogP contribution in [-0.4, -0.2) is 5.78 Å². The van der Waals surface area contributed by atoms with E-state index in [1.807, 2.05) is 42.5 Å². The number of Topliss-reactive ketones (excluding diaryl/α,β-unsaturated/α-hetero) is 1. The average Bonchev–Trinajstić information content (AvgIpc) is 2.57. The second-order valence-electron chi connectivity index (χ2n) is 5.38. The minimum absolute atomic E-state index is 0.0802. The Morgan fingerprint density at radius 1 is 0.955 bits per heavy atom. The molecule has 0 saturated heterocycles. The summed E-state index contributed by atoms with van der Waals surface area (Å²) in [6, 6.07) is 17.6. The third-order valence-electron chi connectivity index (χ3n) is 3.63. The Hall–Kier alpha value is -2.33. The summed E-state index contributed by atoms with van der Waals surface area (Å²) < 4.78 is 0. The number of ketones is 1. The van der Waals surface area contributed by atoms with Gasteiger partial charge in [-0.25, -0.2) is 0 Å². The van der Waals surface area contributed by atoms with E-state index in [-0.39, 0.29) is 12.2 Å². The molecule has 0 heterocycles. The zero-order valence-electron chi connectivity index (χ0n) is 13.1. The molecular formula is C21H22O. The minimum Gasteiger partial charge on any atom is -0.293 e. The molecule has 2 aromatic rings. The highest BCUT2D eigenvalue weighted by Crippen LogP contribution is 2.12. The van der Waals surface area contributed by atoms with Gasteiger partial charge in [-0.3, -0.25) is 4.79 Å². The highest BCUT2D eigenvalue weighted by molar-refractivity contribution is 5.97. The Balaban J connectivity index is 2.01.